The number of nitrogen functional groups attached to an aromatic ring is 1. The van der Waals surface area contributed by atoms with Gasteiger partial charge in [0.05, 0.1) is 171 Å². The van der Waals surface area contributed by atoms with Crippen molar-refractivity contribution in [3.05, 3.63) is 194 Å². The van der Waals surface area contributed by atoms with Gasteiger partial charge in [0.25, 0.3) is 0 Å². The van der Waals surface area contributed by atoms with Crippen LogP contribution in [0.4, 0.5) is 64.4 Å². The number of hydrogen-bond acceptors (Lipinski definition) is 37. The Labute approximate surface area is 780 Å². The smallest absolute Gasteiger partial charge is 0.249 e. The number of hydrogen-bond donors (Lipinski definition) is 9. The number of primary amides is 3. The first-order valence-corrected chi connectivity index (χ1v) is 47.9. The fraction of sp³-hybridized carbons (Fsp3) is 0.261. The molecular weight excluding hydrogens is 1810 g/mol. The molecule has 30 nitrogen and oxygen atoms in total. The van der Waals surface area contributed by atoms with E-state index in [0.29, 0.717) is 94.3 Å². The number of likely N-dealkylation sites (N-methyl/N-ethyl adjacent to an activating group) is 1. The third-order valence-corrected chi connectivity index (χ3v) is 28.6. The standard InChI is InChI=1S/C21H26N6O2S2.C19H22N4OS2.C17H18N4O2S2.C16H14N4OS2.C15H13N5OS2/c1-12-9-17(29-4)15(10-14(12)19(22)28)24-20-25-16(11-30-20)18-13(2)23-21(31-18)27-7-5-26(3)6-8-27;1-10(2)7-13-5-6-14(18(20)24)8-15(13)22-19-23-16(9-25-19)17-11(3)21-12(4)26-17;1-8-5-14(23-4)12(6-11(8)16(18)22)20-17-21-13(7-24-17)15-9(2)19-10(3)25-15;1-9-15(23-10(2)18-9)13-8-22-16(20-13)19-12-6-11(7-17)4-5-14(12)21-3;1-8-13(23-14(17)18-8)11-7-22-15(20-11)19-10-5-9(6-16)3-4-12(10)21-2/h9-11H,5-8H2,1-4H3,(H2,22,28)(H,24,25);5-6,8-10H,7H2,1-4H3,(H2,20,24)(H,22,23);5-7H,1-4H3,(H2,18,22)(H,20,21);4-6,8H,1-3H3,(H,19,20);3-5,7H,1-2H3,(H2,17,18)(H,19,20). The molecule has 15 aromatic rings. The Kier molecular flexibility index (Phi) is 31.7. The topological polar surface area (TPSA) is 435 Å². The fourth-order valence-electron chi connectivity index (χ4n) is 13.1. The van der Waals surface area contributed by atoms with Crippen LogP contribution >= 0.6 is 113 Å². The van der Waals surface area contributed by atoms with E-state index in [0.717, 1.165) is 172 Å². The summed E-state index contributed by atoms with van der Waals surface area (Å²) in [6.07, 6.45) is 0.909. The molecule has 11 heterocycles. The van der Waals surface area contributed by atoms with E-state index in [2.05, 4.69) is 104 Å². The summed E-state index contributed by atoms with van der Waals surface area (Å²) < 4.78 is 21.5. The first-order valence-electron chi connectivity index (χ1n) is 39.4. The zero-order valence-corrected chi connectivity index (χ0v) is 81.2. The van der Waals surface area contributed by atoms with Crippen LogP contribution in [0, 0.1) is 97.8 Å². The Morgan fingerprint density at radius 2 is 0.758 bits per heavy atom. The molecule has 1 saturated heterocycles. The normalized spacial score (nSPS) is 11.6. The number of aryl methyl sites for hydroxylation is 10. The summed E-state index contributed by atoms with van der Waals surface area (Å²) in [6.45, 7) is 27.9. The van der Waals surface area contributed by atoms with Crippen molar-refractivity contribution in [2.24, 2.45) is 23.1 Å². The van der Waals surface area contributed by atoms with E-state index in [1.165, 1.54) is 68.0 Å². The van der Waals surface area contributed by atoms with Crippen molar-refractivity contribution in [1.29, 1.82) is 10.5 Å². The van der Waals surface area contributed by atoms with Crippen molar-refractivity contribution in [3.8, 4) is 88.0 Å². The molecule has 0 spiro atoms. The first-order chi connectivity index (χ1) is 61.3. The SMILES string of the molecule is COc1cc(C)c(C(N)=O)cc1Nc1nc(-c2sc(C)nc2C)cs1.COc1cc(C)c(C(N)=O)cc1Nc1nc(-c2sc(N3CCN(C)CC3)nc2C)cs1.COc1ccc(C#N)cc1Nc1nc(-c2sc(C)nc2C)cs1.COc1ccc(C#N)cc1Nc1nc(-c2sc(N)nc2C)cs1.Cc1nc(C)c(-c2csc(Nc3cc(C(N)=O)ccc3CC(C)C)n2)s1. The lowest BCUT2D eigenvalue weighted by Crippen LogP contribution is -2.44. The molecule has 5 aromatic carbocycles. The molecule has 662 valence electrons. The number of nitrogens with two attached hydrogens (primary N) is 4. The molecule has 40 heteroatoms. The monoisotopic (exact) mass is 1900 g/mol. The third kappa shape index (κ3) is 23.9. The van der Waals surface area contributed by atoms with Gasteiger partial charge in [0, 0.05) is 75.5 Å². The molecule has 128 heavy (non-hydrogen) atoms. The number of amides is 3. The summed E-state index contributed by atoms with van der Waals surface area (Å²) in [4.78, 5) is 90.5. The number of nitrogens with one attached hydrogen (secondary N) is 5. The molecule has 1 aliphatic rings. The van der Waals surface area contributed by atoms with Gasteiger partial charge in [0.1, 0.15) is 23.0 Å². The van der Waals surface area contributed by atoms with E-state index in [1.54, 1.807) is 141 Å². The zero-order chi connectivity index (χ0) is 91.9. The summed E-state index contributed by atoms with van der Waals surface area (Å²) in [5, 5.41) is 52.7. The highest BCUT2D eigenvalue weighted by atomic mass is 32.1. The van der Waals surface area contributed by atoms with E-state index in [9.17, 15) is 14.4 Å². The number of benzene rings is 5. The molecule has 0 bridgehead atoms. The summed E-state index contributed by atoms with van der Waals surface area (Å²) >= 11 is 15.5. The maximum absolute atomic E-state index is 11.7. The minimum absolute atomic E-state index is 0.431. The van der Waals surface area contributed by atoms with Crippen LogP contribution in [0.5, 0.6) is 23.0 Å². The van der Waals surface area contributed by atoms with Crippen LogP contribution in [-0.2, 0) is 6.42 Å². The zero-order valence-electron chi connectivity index (χ0n) is 73.0. The minimum atomic E-state index is -0.473. The maximum Gasteiger partial charge on any atom is 0.249 e. The molecule has 0 atom stereocenters. The number of carbonyl (C=O) groups is 3. The van der Waals surface area contributed by atoms with E-state index < -0.39 is 17.7 Å². The van der Waals surface area contributed by atoms with Crippen LogP contribution in [0.3, 0.4) is 0 Å². The highest BCUT2D eigenvalue weighted by Crippen LogP contribution is 2.43. The van der Waals surface area contributed by atoms with Gasteiger partial charge in [-0.25, -0.2) is 49.8 Å². The third-order valence-electron chi connectivity index (χ3n) is 19.3. The van der Waals surface area contributed by atoms with Crippen LogP contribution in [-0.4, -0.2) is 134 Å². The number of rotatable bonds is 25. The van der Waals surface area contributed by atoms with Crippen molar-refractivity contribution in [2.75, 3.05) is 98.9 Å². The molecule has 3 amide bonds. The lowest BCUT2D eigenvalue weighted by Gasteiger charge is -2.32. The molecule has 0 aliphatic carbocycles. The van der Waals surface area contributed by atoms with E-state index >= 15 is 0 Å². The van der Waals surface area contributed by atoms with Gasteiger partial charge in [0.2, 0.25) is 17.7 Å². The van der Waals surface area contributed by atoms with Gasteiger partial charge >= 0.3 is 0 Å². The summed E-state index contributed by atoms with van der Waals surface area (Å²) in [7, 11) is 8.51. The van der Waals surface area contributed by atoms with E-state index in [1.807, 2.05) is 108 Å². The quantitative estimate of drug-likeness (QED) is 0.0257. The average molecular weight is 1910 g/mol. The van der Waals surface area contributed by atoms with Crippen molar-refractivity contribution in [2.45, 2.75) is 89.5 Å². The van der Waals surface area contributed by atoms with Crippen LogP contribution in [0.2, 0.25) is 0 Å². The Bertz CT molecular complexity index is 6430. The number of carbonyl (C=O) groups excluding carboxylic acids is 3. The lowest BCUT2D eigenvalue weighted by atomic mass is 9.99. The van der Waals surface area contributed by atoms with E-state index in [-0.39, 0.29) is 0 Å². The van der Waals surface area contributed by atoms with Gasteiger partial charge in [-0.3, -0.25) is 14.4 Å². The number of piperazine rings is 1. The average Bonchev–Trinajstić information content (AvgIpc) is 1.62. The number of nitriles is 2. The molecule has 1 fully saturated rings. The Morgan fingerprint density at radius 1 is 0.414 bits per heavy atom. The molecule has 10 aromatic heterocycles. The molecule has 1 aliphatic heterocycles. The Morgan fingerprint density at radius 3 is 1.08 bits per heavy atom. The van der Waals surface area contributed by atoms with Gasteiger partial charge in [-0.15, -0.1) is 90.7 Å². The summed E-state index contributed by atoms with van der Waals surface area (Å²) in [6, 6.07) is 27.2. The number of thiazole rings is 10. The highest BCUT2D eigenvalue weighted by molar-refractivity contribution is 7.21. The second-order valence-electron chi connectivity index (χ2n) is 29.3. The van der Waals surface area contributed by atoms with Crippen molar-refractivity contribution >= 4 is 195 Å². The Hall–Kier alpha value is -12.5. The second kappa shape index (κ2) is 42.9. The number of anilines is 12. The second-order valence-corrected chi connectivity index (χ2v) is 39.2. The molecule has 0 saturated carbocycles. The molecule has 0 radical (unpaired) electrons. The number of aromatic nitrogens is 10. The van der Waals surface area contributed by atoms with Gasteiger partial charge in [-0.1, -0.05) is 42.6 Å². The fourth-order valence-corrected chi connectivity index (χ4v) is 21.6. The van der Waals surface area contributed by atoms with Crippen molar-refractivity contribution in [1.82, 2.24) is 54.7 Å². The lowest BCUT2D eigenvalue weighted by molar-refractivity contribution is 0.0991. The predicted molar refractivity (Wildman–Crippen MR) is 526 cm³/mol. The van der Waals surface area contributed by atoms with Gasteiger partial charge in [-0.2, -0.15) is 10.5 Å². The number of methoxy groups -OCH3 is 4. The van der Waals surface area contributed by atoms with Crippen LogP contribution in [0.25, 0.3) is 52.9 Å². The largest absolute Gasteiger partial charge is 0.495 e. The van der Waals surface area contributed by atoms with Gasteiger partial charge in [-0.05, 0) is 178 Å². The molecular formula is C88H93N23O7S10. The van der Waals surface area contributed by atoms with Crippen LogP contribution in [0.15, 0.2) is 106 Å². The molecule has 16 rings (SSSR count). The van der Waals surface area contributed by atoms with Gasteiger partial charge < -0.3 is 78.3 Å². The number of nitrogens with zero attached hydrogens (tertiary/aromatic N) is 14. The van der Waals surface area contributed by atoms with E-state index in [4.69, 9.17) is 67.4 Å². The maximum atomic E-state index is 11.7. The van der Waals surface area contributed by atoms with Crippen LogP contribution in [0.1, 0.15) is 116 Å². The van der Waals surface area contributed by atoms with Crippen LogP contribution < -0.4 is 73.4 Å². The minimum Gasteiger partial charge on any atom is -0.495 e. The molecule has 0 unspecified atom stereocenters. The summed E-state index contributed by atoms with van der Waals surface area (Å²) in [5.74, 6) is 1.71. The molecule has 13 N–H and O–H groups in total. The first kappa shape index (κ1) is 94.7. The van der Waals surface area contributed by atoms with Gasteiger partial charge in [0.15, 0.2) is 35.9 Å². The highest BCUT2D eigenvalue weighted by Gasteiger charge is 2.25. The van der Waals surface area contributed by atoms with Crippen molar-refractivity contribution in [3.63, 3.8) is 0 Å². The van der Waals surface area contributed by atoms with Crippen molar-refractivity contribution < 1.29 is 33.3 Å². The summed E-state index contributed by atoms with van der Waals surface area (Å²) in [5.41, 5.74) is 40.2. The Balaban J connectivity index is 0.000000146. The predicted octanol–water partition coefficient (Wildman–Crippen LogP) is 20.7. The number of ether oxygens (including phenoxy) is 4.